The molecular weight excluding hydrogens is 539 g/mol. The number of halogens is 1. The number of piperazine rings is 1. The van der Waals surface area contributed by atoms with E-state index >= 15 is 4.39 Å². The van der Waals surface area contributed by atoms with E-state index in [1.807, 2.05) is 0 Å². The molecule has 0 aliphatic carbocycles. The van der Waals surface area contributed by atoms with Gasteiger partial charge in [-0.2, -0.15) is 9.29 Å². The normalized spacial score (nSPS) is 21.2. The van der Waals surface area contributed by atoms with Gasteiger partial charge in [-0.15, -0.1) is 0 Å². The number of rotatable bonds is 8. The molecular formula is C24H25FN4O9S. The number of hydroxylamine groups is 1. The largest absolute Gasteiger partial charge is 0.447 e. The Balaban J connectivity index is 1.40. The minimum Gasteiger partial charge on any atom is -0.447 e. The Morgan fingerprint density at radius 3 is 2.72 bits per heavy atom. The van der Waals surface area contributed by atoms with E-state index in [2.05, 4.69) is 4.98 Å². The van der Waals surface area contributed by atoms with E-state index in [1.165, 1.54) is 17.5 Å². The second-order valence-electron chi connectivity index (χ2n) is 8.95. The van der Waals surface area contributed by atoms with Gasteiger partial charge < -0.3 is 18.6 Å². The van der Waals surface area contributed by atoms with E-state index in [-0.39, 0.29) is 31.6 Å². The molecule has 0 saturated carbocycles. The van der Waals surface area contributed by atoms with Crippen molar-refractivity contribution in [1.29, 1.82) is 0 Å². The maximum absolute atomic E-state index is 15.0. The van der Waals surface area contributed by atoms with Crippen LogP contribution >= 0.6 is 0 Å². The van der Waals surface area contributed by atoms with E-state index in [4.69, 9.17) is 18.6 Å². The van der Waals surface area contributed by atoms with Crippen molar-refractivity contribution in [1.82, 2.24) is 19.7 Å². The van der Waals surface area contributed by atoms with Gasteiger partial charge in [-0.3, -0.25) is 14.9 Å². The van der Waals surface area contributed by atoms with Gasteiger partial charge >= 0.3 is 12.2 Å². The number of ether oxygens (including phenoxy) is 3. The Hall–Kier alpha value is -3.79. The fourth-order valence-electron chi connectivity index (χ4n) is 4.95. The number of oxazole rings is 1. The summed E-state index contributed by atoms with van der Waals surface area (Å²) >= 11 is 0. The SMILES string of the molecule is COCCOC(=O)N1[C@@H]2CC[C@H]1[C@H](C(=O)NO)N(S(=O)(=O)c1ccc(Oc3nc4ccccc4o3)c(F)c1)C2. The highest BCUT2D eigenvalue weighted by Crippen LogP contribution is 2.38. The average molecular weight is 565 g/mol. The Bertz CT molecular complexity index is 1460. The van der Waals surface area contributed by atoms with Gasteiger partial charge in [-0.1, -0.05) is 12.1 Å². The number of carbonyl (C=O) groups excluding carboxylic acids is 2. The third kappa shape index (κ3) is 5.01. The minimum atomic E-state index is -4.47. The van der Waals surface area contributed by atoms with Crippen LogP contribution in [0.1, 0.15) is 12.8 Å². The Kier molecular flexibility index (Phi) is 7.40. The summed E-state index contributed by atoms with van der Waals surface area (Å²) in [6, 6.07) is 6.83. The lowest BCUT2D eigenvalue weighted by atomic mass is 10.1. The molecule has 2 aliphatic heterocycles. The molecule has 13 nitrogen and oxygen atoms in total. The molecule has 0 radical (unpaired) electrons. The van der Waals surface area contributed by atoms with Crippen LogP contribution in [0.2, 0.25) is 0 Å². The predicted molar refractivity (Wildman–Crippen MR) is 130 cm³/mol. The van der Waals surface area contributed by atoms with Crippen LogP contribution in [0.5, 0.6) is 11.8 Å². The molecule has 3 atom stereocenters. The first kappa shape index (κ1) is 26.8. The van der Waals surface area contributed by atoms with Gasteiger partial charge in [0.15, 0.2) is 17.1 Å². The van der Waals surface area contributed by atoms with Crippen LogP contribution < -0.4 is 10.2 Å². The van der Waals surface area contributed by atoms with Gasteiger partial charge in [-0.05, 0) is 43.2 Å². The lowest BCUT2D eigenvalue weighted by Gasteiger charge is -2.44. The zero-order chi connectivity index (χ0) is 27.7. The summed E-state index contributed by atoms with van der Waals surface area (Å²) in [5, 5.41) is 9.38. The number of carbonyl (C=O) groups is 2. The topological polar surface area (TPSA) is 161 Å². The molecule has 39 heavy (non-hydrogen) atoms. The monoisotopic (exact) mass is 564 g/mol. The van der Waals surface area contributed by atoms with Gasteiger partial charge in [0.05, 0.1) is 17.5 Å². The smallest absolute Gasteiger partial charge is 0.410 e. The highest BCUT2D eigenvalue weighted by atomic mass is 32.2. The fraction of sp³-hybridized carbons (Fsp3) is 0.375. The molecule has 5 rings (SSSR count). The molecule has 15 heteroatoms. The van der Waals surface area contributed by atoms with E-state index < -0.39 is 50.9 Å². The summed E-state index contributed by atoms with van der Waals surface area (Å²) in [5.41, 5.74) is 2.41. The lowest BCUT2D eigenvalue weighted by molar-refractivity contribution is -0.136. The highest BCUT2D eigenvalue weighted by Gasteiger charge is 2.55. The predicted octanol–water partition coefficient (Wildman–Crippen LogP) is 2.25. The maximum atomic E-state index is 15.0. The summed E-state index contributed by atoms with van der Waals surface area (Å²) in [7, 11) is -3.02. The number of aromatic nitrogens is 1. The molecule has 0 spiro atoms. The van der Waals surface area contributed by atoms with Crippen molar-refractivity contribution in [2.24, 2.45) is 0 Å². The van der Waals surface area contributed by atoms with Crippen LogP contribution in [-0.4, -0.2) is 84.8 Å². The molecule has 2 amide bonds. The molecule has 2 N–H and O–H groups in total. The number of benzene rings is 2. The number of sulfonamides is 1. The Morgan fingerprint density at radius 1 is 1.21 bits per heavy atom. The second-order valence-corrected chi connectivity index (χ2v) is 10.8. The van der Waals surface area contributed by atoms with E-state index in [0.29, 0.717) is 23.9 Å². The van der Waals surface area contributed by atoms with Crippen LogP contribution in [0.25, 0.3) is 11.1 Å². The third-order valence-corrected chi connectivity index (χ3v) is 8.54. The number of methoxy groups -OCH3 is 1. The minimum absolute atomic E-state index is 0.0264. The van der Waals surface area contributed by atoms with E-state index in [0.717, 1.165) is 22.5 Å². The van der Waals surface area contributed by atoms with Gasteiger partial charge in [0.25, 0.3) is 5.91 Å². The Labute approximate surface area is 222 Å². The molecule has 208 valence electrons. The maximum Gasteiger partial charge on any atom is 0.410 e. The van der Waals surface area contributed by atoms with Crippen LogP contribution in [-0.2, 0) is 24.3 Å². The molecule has 2 bridgehead atoms. The molecule has 3 aromatic rings. The van der Waals surface area contributed by atoms with Crippen molar-refractivity contribution in [2.75, 3.05) is 26.9 Å². The molecule has 2 aliphatic rings. The van der Waals surface area contributed by atoms with E-state index in [1.54, 1.807) is 24.3 Å². The van der Waals surface area contributed by atoms with Crippen molar-refractivity contribution < 1.29 is 46.2 Å². The molecule has 3 heterocycles. The molecule has 2 fully saturated rings. The first-order chi connectivity index (χ1) is 18.7. The van der Waals surface area contributed by atoms with Gasteiger partial charge in [-0.25, -0.2) is 23.1 Å². The zero-order valence-corrected chi connectivity index (χ0v) is 21.5. The zero-order valence-electron chi connectivity index (χ0n) is 20.7. The summed E-state index contributed by atoms with van der Waals surface area (Å²) in [6.45, 7) is -0.131. The number of hydrogen-bond donors (Lipinski definition) is 2. The summed E-state index contributed by atoms with van der Waals surface area (Å²) < 4.78 is 64.0. The number of nitrogens with zero attached hydrogens (tertiary/aromatic N) is 3. The van der Waals surface area contributed by atoms with Crippen molar-refractivity contribution >= 4 is 33.1 Å². The molecule has 2 aromatic carbocycles. The summed E-state index contributed by atoms with van der Waals surface area (Å²) in [4.78, 5) is 30.4. The van der Waals surface area contributed by atoms with Gasteiger partial charge in [0, 0.05) is 19.7 Å². The van der Waals surface area contributed by atoms with E-state index in [9.17, 15) is 23.2 Å². The quantitative estimate of drug-likeness (QED) is 0.236. The first-order valence-electron chi connectivity index (χ1n) is 12.0. The van der Waals surface area contributed by atoms with Crippen LogP contribution in [0.3, 0.4) is 0 Å². The number of nitrogens with one attached hydrogen (secondary N) is 1. The van der Waals surface area contributed by atoms with Crippen molar-refractivity contribution in [3.05, 3.63) is 48.3 Å². The lowest BCUT2D eigenvalue weighted by Crippen LogP contribution is -2.66. The Morgan fingerprint density at radius 2 is 2.00 bits per heavy atom. The number of fused-ring (bicyclic) bond motifs is 3. The van der Waals surface area contributed by atoms with Crippen molar-refractivity contribution in [3.8, 4) is 11.8 Å². The second kappa shape index (κ2) is 10.8. The number of para-hydroxylation sites is 2. The summed E-state index contributed by atoms with van der Waals surface area (Å²) in [6.07, 6.45) is -0.258. The standard InChI is InChI=1S/C24H25FN4O9S/c1-35-10-11-36-24(31)29-14-6-8-18(29)21(22(30)27-32)28(13-14)39(33,34)15-7-9-19(16(25)12-15)37-23-26-17-4-2-3-5-20(17)38-23/h2-5,7,9,12,14,18,21,32H,6,8,10-11,13H2,1H3,(H,27,30)/t14-,18+,21-/m1/s1. The third-order valence-electron chi connectivity index (χ3n) is 6.70. The van der Waals surface area contributed by atoms with Crippen LogP contribution in [0.15, 0.2) is 51.8 Å². The van der Waals surface area contributed by atoms with Crippen molar-refractivity contribution in [3.63, 3.8) is 0 Å². The fourth-order valence-corrected chi connectivity index (χ4v) is 6.62. The van der Waals surface area contributed by atoms with Crippen molar-refractivity contribution in [2.45, 2.75) is 35.9 Å². The highest BCUT2D eigenvalue weighted by molar-refractivity contribution is 7.89. The van der Waals surface area contributed by atoms with Gasteiger partial charge in [0.2, 0.25) is 10.0 Å². The molecule has 0 unspecified atom stereocenters. The molecule has 2 saturated heterocycles. The average Bonchev–Trinajstić information content (AvgIpc) is 3.47. The molecule has 1 aromatic heterocycles. The van der Waals surface area contributed by atoms with Crippen LogP contribution in [0, 0.1) is 5.82 Å². The van der Waals surface area contributed by atoms with Crippen LogP contribution in [0.4, 0.5) is 9.18 Å². The summed E-state index contributed by atoms with van der Waals surface area (Å²) in [5.74, 6) is -2.37. The van der Waals surface area contributed by atoms with Gasteiger partial charge in [0.1, 0.15) is 18.2 Å². The number of amides is 2. The first-order valence-corrected chi connectivity index (χ1v) is 13.4. The number of hydrogen-bond acceptors (Lipinski definition) is 10.